The fourth-order valence-corrected chi connectivity index (χ4v) is 3.30. The van der Waals surface area contributed by atoms with E-state index >= 15 is 0 Å². The van der Waals surface area contributed by atoms with E-state index < -0.39 is 24.1 Å². The second-order valence-electron chi connectivity index (χ2n) is 6.04. The van der Waals surface area contributed by atoms with Gasteiger partial charge in [0, 0.05) is 18.8 Å². The lowest BCUT2D eigenvalue weighted by molar-refractivity contribution is -0.139. The van der Waals surface area contributed by atoms with Gasteiger partial charge in [-0.05, 0) is 24.3 Å². The zero-order valence-corrected chi connectivity index (χ0v) is 12.4. The molecule has 1 aromatic carbocycles. The highest BCUT2D eigenvalue weighted by Crippen LogP contribution is 2.37. The van der Waals surface area contributed by atoms with E-state index in [1.54, 1.807) is 0 Å². The average molecular weight is 306 g/mol. The van der Waals surface area contributed by atoms with E-state index in [0.717, 1.165) is 5.56 Å². The van der Waals surface area contributed by atoms with Gasteiger partial charge >= 0.3 is 5.97 Å². The summed E-state index contributed by atoms with van der Waals surface area (Å²) in [6.45, 7) is 0. The van der Waals surface area contributed by atoms with Crippen LogP contribution >= 0.6 is 0 Å². The summed E-state index contributed by atoms with van der Waals surface area (Å²) in [5, 5.41) is 28.8. The number of carboxylic acid groups (broad SMARTS) is 1. The molecule has 2 rings (SSSR count). The Morgan fingerprint density at radius 2 is 1.68 bits per heavy atom. The minimum Gasteiger partial charge on any atom is -0.481 e. The lowest BCUT2D eigenvalue weighted by atomic mass is 9.86. The van der Waals surface area contributed by atoms with Crippen molar-refractivity contribution < 1.29 is 24.9 Å². The fraction of sp³-hybridized carbons (Fsp3) is 0.529. The van der Waals surface area contributed by atoms with Gasteiger partial charge in [-0.25, -0.2) is 0 Å². The Kier molecular flexibility index (Phi) is 5.69. The van der Waals surface area contributed by atoms with E-state index in [2.05, 4.69) is 0 Å². The number of aliphatic hydroxyl groups is 2. The molecule has 0 spiro atoms. The second kappa shape index (κ2) is 7.51. The van der Waals surface area contributed by atoms with Crippen LogP contribution < -0.4 is 0 Å². The molecule has 0 aliphatic heterocycles. The Balaban J connectivity index is 1.88. The summed E-state index contributed by atoms with van der Waals surface area (Å²) in [6.07, 6.45) is -0.466. The molecule has 0 amide bonds. The number of aliphatic hydroxyl groups excluding tert-OH is 2. The maximum Gasteiger partial charge on any atom is 0.303 e. The molecule has 3 N–H and O–H groups in total. The van der Waals surface area contributed by atoms with Crippen molar-refractivity contribution in [2.45, 2.75) is 44.3 Å². The Bertz CT molecular complexity index is 513. The Morgan fingerprint density at radius 3 is 2.32 bits per heavy atom. The third kappa shape index (κ3) is 4.39. The first-order valence-corrected chi connectivity index (χ1v) is 7.61. The maximum atomic E-state index is 12.0. The first-order chi connectivity index (χ1) is 10.5. The monoisotopic (exact) mass is 306 g/mol. The van der Waals surface area contributed by atoms with Gasteiger partial charge in [0.25, 0.3) is 0 Å². The Labute approximate surface area is 129 Å². The quantitative estimate of drug-likeness (QED) is 0.708. The zero-order chi connectivity index (χ0) is 16.1. The highest BCUT2D eigenvalue weighted by molar-refractivity contribution is 5.80. The van der Waals surface area contributed by atoms with E-state index in [4.69, 9.17) is 5.11 Å². The first-order valence-electron chi connectivity index (χ1n) is 7.61. The van der Waals surface area contributed by atoms with E-state index in [-0.39, 0.29) is 24.5 Å². The lowest BCUT2D eigenvalue weighted by Gasteiger charge is -2.21. The van der Waals surface area contributed by atoms with Gasteiger partial charge in [0.15, 0.2) is 0 Å². The smallest absolute Gasteiger partial charge is 0.303 e. The van der Waals surface area contributed by atoms with Gasteiger partial charge in [0.2, 0.25) is 0 Å². The molecule has 0 unspecified atom stereocenters. The Hall–Kier alpha value is -1.72. The molecule has 4 atom stereocenters. The van der Waals surface area contributed by atoms with Crippen molar-refractivity contribution in [3.8, 4) is 0 Å². The highest BCUT2D eigenvalue weighted by Gasteiger charge is 2.42. The summed E-state index contributed by atoms with van der Waals surface area (Å²) in [5.74, 6) is -1.73. The van der Waals surface area contributed by atoms with Crippen LogP contribution in [0, 0.1) is 11.8 Å². The largest absolute Gasteiger partial charge is 0.481 e. The summed E-state index contributed by atoms with van der Waals surface area (Å²) in [6, 6.07) is 9.42. The summed E-state index contributed by atoms with van der Waals surface area (Å²) in [5.41, 5.74) is 0.946. The maximum absolute atomic E-state index is 12.0. The molecule has 0 saturated heterocycles. The van der Waals surface area contributed by atoms with Gasteiger partial charge in [-0.3, -0.25) is 9.59 Å². The van der Waals surface area contributed by atoms with E-state index in [1.165, 1.54) is 0 Å². The van der Waals surface area contributed by atoms with Gasteiger partial charge in [-0.1, -0.05) is 30.3 Å². The molecular weight excluding hydrogens is 284 g/mol. The van der Waals surface area contributed by atoms with Crippen molar-refractivity contribution in [1.29, 1.82) is 0 Å². The van der Waals surface area contributed by atoms with Crippen LogP contribution in [0.15, 0.2) is 30.3 Å². The van der Waals surface area contributed by atoms with Crippen LogP contribution in [0.25, 0.3) is 0 Å². The number of hydrogen-bond donors (Lipinski definition) is 3. The predicted octanol–water partition coefficient (Wildman–Crippen LogP) is 1.41. The molecule has 0 radical (unpaired) electrons. The zero-order valence-electron chi connectivity index (χ0n) is 12.4. The topological polar surface area (TPSA) is 94.8 Å². The molecule has 1 aliphatic rings. The van der Waals surface area contributed by atoms with Crippen LogP contribution in [0.5, 0.6) is 0 Å². The highest BCUT2D eigenvalue weighted by atomic mass is 16.4. The lowest BCUT2D eigenvalue weighted by Crippen LogP contribution is -2.25. The molecule has 22 heavy (non-hydrogen) atoms. The molecular formula is C17H22O5. The number of ketones is 1. The third-order valence-corrected chi connectivity index (χ3v) is 4.43. The molecule has 5 nitrogen and oxygen atoms in total. The van der Waals surface area contributed by atoms with Crippen LogP contribution in [0.2, 0.25) is 0 Å². The minimum absolute atomic E-state index is 0.0638. The van der Waals surface area contributed by atoms with Crippen molar-refractivity contribution in [3.05, 3.63) is 35.9 Å². The predicted molar refractivity (Wildman–Crippen MR) is 80.3 cm³/mol. The molecule has 1 saturated carbocycles. The normalized spacial score (nSPS) is 27.7. The standard InChI is InChI=1S/C17H22O5/c18-12(8-11-4-2-1-3-5-11)6-7-13-14(9-17(21)22)16(20)10-15(13)19/h1-5,13-16,19-20H,6-10H2,(H,21,22)/t13-,14-,15-,16+/m0/s1. The van der Waals surface area contributed by atoms with Crippen LogP contribution in [0.3, 0.4) is 0 Å². The number of carboxylic acids is 1. The number of hydrogen-bond acceptors (Lipinski definition) is 4. The van der Waals surface area contributed by atoms with Gasteiger partial charge in [0.05, 0.1) is 18.6 Å². The first kappa shape index (κ1) is 16.6. The van der Waals surface area contributed by atoms with Crippen molar-refractivity contribution in [1.82, 2.24) is 0 Å². The third-order valence-electron chi connectivity index (χ3n) is 4.43. The van der Waals surface area contributed by atoms with Crippen molar-refractivity contribution in [2.75, 3.05) is 0 Å². The van der Waals surface area contributed by atoms with Gasteiger partial charge in [-0.2, -0.15) is 0 Å². The average Bonchev–Trinajstić information content (AvgIpc) is 2.71. The van der Waals surface area contributed by atoms with Crippen LogP contribution in [0.1, 0.15) is 31.2 Å². The van der Waals surface area contributed by atoms with Crippen molar-refractivity contribution >= 4 is 11.8 Å². The summed E-state index contributed by atoms with van der Waals surface area (Å²) < 4.78 is 0. The van der Waals surface area contributed by atoms with Gasteiger partial charge in [0.1, 0.15) is 5.78 Å². The molecule has 0 bridgehead atoms. The van der Waals surface area contributed by atoms with Gasteiger partial charge in [-0.15, -0.1) is 0 Å². The second-order valence-corrected chi connectivity index (χ2v) is 6.04. The number of carbonyl (C=O) groups excluding carboxylic acids is 1. The summed E-state index contributed by atoms with van der Waals surface area (Å²) in [4.78, 5) is 22.9. The van der Waals surface area contributed by atoms with Crippen LogP contribution in [0.4, 0.5) is 0 Å². The van der Waals surface area contributed by atoms with Crippen molar-refractivity contribution in [2.24, 2.45) is 11.8 Å². The minimum atomic E-state index is -0.987. The van der Waals surface area contributed by atoms with Crippen LogP contribution in [-0.2, 0) is 16.0 Å². The number of carbonyl (C=O) groups is 2. The van der Waals surface area contributed by atoms with E-state index in [0.29, 0.717) is 19.3 Å². The number of Topliss-reactive ketones (excluding diaryl/α,β-unsaturated/α-hetero) is 1. The Morgan fingerprint density at radius 1 is 1.05 bits per heavy atom. The molecule has 1 aliphatic carbocycles. The van der Waals surface area contributed by atoms with Crippen LogP contribution in [-0.4, -0.2) is 39.3 Å². The van der Waals surface area contributed by atoms with E-state index in [1.807, 2.05) is 30.3 Å². The summed E-state index contributed by atoms with van der Waals surface area (Å²) in [7, 11) is 0. The molecule has 0 heterocycles. The molecule has 1 fully saturated rings. The molecule has 120 valence electrons. The number of rotatable bonds is 7. The van der Waals surface area contributed by atoms with Crippen molar-refractivity contribution in [3.63, 3.8) is 0 Å². The molecule has 1 aromatic rings. The fourth-order valence-electron chi connectivity index (χ4n) is 3.30. The molecule has 5 heteroatoms. The van der Waals surface area contributed by atoms with E-state index in [9.17, 15) is 19.8 Å². The molecule has 0 aromatic heterocycles. The van der Waals surface area contributed by atoms with Gasteiger partial charge < -0.3 is 15.3 Å². The number of benzene rings is 1. The SMILES string of the molecule is O=C(O)C[C@H]1[C@H](CCC(=O)Cc2ccccc2)[C@@H](O)C[C@H]1O. The summed E-state index contributed by atoms with van der Waals surface area (Å²) >= 11 is 0. The number of aliphatic carboxylic acids is 1.